The maximum Gasteiger partial charge on any atom is 0.323 e. The normalized spacial score (nSPS) is 26.7. The number of carboxylic acid groups (broad SMARTS) is 1. The molecule has 0 radical (unpaired) electrons. The van der Waals surface area contributed by atoms with Crippen LogP contribution in [0.25, 0.3) is 0 Å². The van der Waals surface area contributed by atoms with Crippen LogP contribution in [0.15, 0.2) is 0 Å². The smallest absolute Gasteiger partial charge is 0.323 e. The second-order valence-electron chi connectivity index (χ2n) is 5.10. The summed E-state index contributed by atoms with van der Waals surface area (Å²) in [5.74, 6) is -0.717. The third-order valence-electron chi connectivity index (χ3n) is 4.07. The van der Waals surface area contributed by atoms with Crippen LogP contribution in [-0.2, 0) is 4.79 Å². The maximum atomic E-state index is 11.4. The lowest BCUT2D eigenvalue weighted by Crippen LogP contribution is -2.58. The molecule has 4 nitrogen and oxygen atoms in total. The molecule has 0 saturated carbocycles. The van der Waals surface area contributed by atoms with Crippen molar-refractivity contribution >= 4 is 5.97 Å². The molecule has 4 heteroatoms. The van der Waals surface area contributed by atoms with Crippen LogP contribution in [0.5, 0.6) is 0 Å². The Morgan fingerprint density at radius 1 is 1.62 bits per heavy atom. The van der Waals surface area contributed by atoms with Gasteiger partial charge in [-0.3, -0.25) is 9.69 Å². The first-order chi connectivity index (χ1) is 7.41. The average Bonchev–Trinajstić information content (AvgIpc) is 2.26. The number of carbonyl (C=O) groups is 1. The molecule has 2 unspecified atom stereocenters. The summed E-state index contributed by atoms with van der Waals surface area (Å²) in [6.07, 6.45) is 2.90. The van der Waals surface area contributed by atoms with Crippen LogP contribution in [0.1, 0.15) is 33.1 Å². The minimum absolute atomic E-state index is 0.361. The lowest BCUT2D eigenvalue weighted by molar-refractivity contribution is -0.152. The maximum absolute atomic E-state index is 11.4. The fourth-order valence-corrected chi connectivity index (χ4v) is 2.41. The van der Waals surface area contributed by atoms with Gasteiger partial charge in [0.15, 0.2) is 0 Å². The molecule has 1 fully saturated rings. The van der Waals surface area contributed by atoms with E-state index in [2.05, 4.69) is 11.9 Å². The summed E-state index contributed by atoms with van der Waals surface area (Å²) in [7, 11) is 4.05. The molecular formula is C12H24N2O2. The number of aliphatic carboxylic acids is 1. The van der Waals surface area contributed by atoms with Gasteiger partial charge >= 0.3 is 5.97 Å². The first kappa shape index (κ1) is 13.5. The molecule has 0 amide bonds. The van der Waals surface area contributed by atoms with Crippen molar-refractivity contribution in [2.24, 2.45) is 0 Å². The lowest BCUT2D eigenvalue weighted by atomic mass is 9.92. The van der Waals surface area contributed by atoms with Crippen molar-refractivity contribution in [2.45, 2.75) is 44.7 Å². The highest BCUT2D eigenvalue weighted by Gasteiger charge is 2.39. The molecule has 16 heavy (non-hydrogen) atoms. The Kier molecular flexibility index (Phi) is 4.33. The van der Waals surface area contributed by atoms with Gasteiger partial charge in [-0.2, -0.15) is 0 Å². The second kappa shape index (κ2) is 5.15. The van der Waals surface area contributed by atoms with E-state index in [9.17, 15) is 9.90 Å². The van der Waals surface area contributed by atoms with Crippen LogP contribution in [0.4, 0.5) is 0 Å². The zero-order valence-corrected chi connectivity index (χ0v) is 10.9. The third-order valence-corrected chi connectivity index (χ3v) is 4.07. The van der Waals surface area contributed by atoms with Crippen LogP contribution in [0.2, 0.25) is 0 Å². The minimum atomic E-state index is -0.733. The van der Waals surface area contributed by atoms with E-state index in [0.717, 1.165) is 25.9 Å². The highest BCUT2D eigenvalue weighted by molar-refractivity contribution is 5.78. The van der Waals surface area contributed by atoms with Crippen molar-refractivity contribution in [1.82, 2.24) is 9.80 Å². The summed E-state index contributed by atoms with van der Waals surface area (Å²) in [4.78, 5) is 15.7. The number of hydrogen-bond acceptors (Lipinski definition) is 3. The predicted molar refractivity (Wildman–Crippen MR) is 64.6 cm³/mol. The van der Waals surface area contributed by atoms with Gasteiger partial charge in [-0.05, 0) is 46.8 Å². The zero-order chi connectivity index (χ0) is 12.3. The van der Waals surface area contributed by atoms with E-state index in [1.54, 1.807) is 0 Å². The number of rotatable bonds is 4. The Hall–Kier alpha value is -0.610. The fraction of sp³-hybridized carbons (Fsp3) is 0.917. The number of carboxylic acids is 1. The van der Waals surface area contributed by atoms with Gasteiger partial charge in [0.05, 0.1) is 0 Å². The number of likely N-dealkylation sites (N-methyl/N-ethyl adjacent to an activating group) is 2. The first-order valence-corrected chi connectivity index (χ1v) is 6.06. The summed E-state index contributed by atoms with van der Waals surface area (Å²) in [5, 5.41) is 9.34. The molecule has 0 bridgehead atoms. The molecular weight excluding hydrogens is 204 g/mol. The molecule has 1 rings (SSSR count). The molecule has 1 heterocycles. The highest BCUT2D eigenvalue weighted by atomic mass is 16.4. The molecule has 2 atom stereocenters. The van der Waals surface area contributed by atoms with Crippen LogP contribution < -0.4 is 0 Å². The molecule has 0 aromatic heterocycles. The van der Waals surface area contributed by atoms with E-state index in [-0.39, 0.29) is 0 Å². The third kappa shape index (κ3) is 2.55. The summed E-state index contributed by atoms with van der Waals surface area (Å²) >= 11 is 0. The summed E-state index contributed by atoms with van der Waals surface area (Å²) in [6, 6.07) is 0.361. The van der Waals surface area contributed by atoms with Gasteiger partial charge in [-0.25, -0.2) is 0 Å². The van der Waals surface area contributed by atoms with Crippen molar-refractivity contribution in [2.75, 3.05) is 27.2 Å². The monoisotopic (exact) mass is 228 g/mol. The summed E-state index contributed by atoms with van der Waals surface area (Å²) in [6.45, 7) is 5.86. The van der Waals surface area contributed by atoms with E-state index in [1.165, 1.54) is 0 Å². The van der Waals surface area contributed by atoms with Crippen molar-refractivity contribution in [3.8, 4) is 0 Å². The van der Waals surface area contributed by atoms with Crippen LogP contribution in [-0.4, -0.2) is 59.6 Å². The Labute approximate surface area is 98.2 Å². The number of nitrogens with zero attached hydrogens (tertiary/aromatic N) is 2. The van der Waals surface area contributed by atoms with Crippen LogP contribution in [0, 0.1) is 0 Å². The number of likely N-dealkylation sites (tertiary alicyclic amines) is 1. The summed E-state index contributed by atoms with van der Waals surface area (Å²) in [5.41, 5.74) is -0.733. The molecule has 0 spiro atoms. The first-order valence-electron chi connectivity index (χ1n) is 6.06. The Morgan fingerprint density at radius 3 is 2.69 bits per heavy atom. The van der Waals surface area contributed by atoms with Gasteiger partial charge in [0.1, 0.15) is 5.54 Å². The summed E-state index contributed by atoms with van der Waals surface area (Å²) < 4.78 is 0. The predicted octanol–water partition coefficient (Wildman–Crippen LogP) is 1.27. The molecule has 1 saturated heterocycles. The molecule has 0 aromatic rings. The molecule has 94 valence electrons. The van der Waals surface area contributed by atoms with Crippen molar-refractivity contribution in [1.29, 1.82) is 0 Å². The van der Waals surface area contributed by atoms with E-state index in [0.29, 0.717) is 12.5 Å². The van der Waals surface area contributed by atoms with E-state index < -0.39 is 11.5 Å². The standard InChI is InChI=1S/C12H24N2O2/c1-5-12(2,11(15)16)14(4)10-7-6-8-13(3)9-10/h10H,5-9H2,1-4H3,(H,15,16). The van der Waals surface area contributed by atoms with Crippen molar-refractivity contribution < 1.29 is 9.90 Å². The Morgan fingerprint density at radius 2 is 2.25 bits per heavy atom. The van der Waals surface area contributed by atoms with Gasteiger partial charge < -0.3 is 10.0 Å². The quantitative estimate of drug-likeness (QED) is 0.787. The SMILES string of the molecule is CCC(C)(C(=O)O)N(C)C1CCCN(C)C1. The number of piperidine rings is 1. The van der Waals surface area contributed by atoms with Gasteiger partial charge in [0.25, 0.3) is 0 Å². The molecule has 1 N–H and O–H groups in total. The van der Waals surface area contributed by atoms with Crippen LogP contribution >= 0.6 is 0 Å². The van der Waals surface area contributed by atoms with Crippen molar-refractivity contribution in [3.05, 3.63) is 0 Å². The molecule has 1 aliphatic heterocycles. The van der Waals surface area contributed by atoms with Gasteiger partial charge in [-0.15, -0.1) is 0 Å². The second-order valence-corrected chi connectivity index (χ2v) is 5.10. The van der Waals surface area contributed by atoms with E-state index >= 15 is 0 Å². The molecule has 1 aliphatic rings. The highest BCUT2D eigenvalue weighted by Crippen LogP contribution is 2.24. The van der Waals surface area contributed by atoms with E-state index in [4.69, 9.17) is 0 Å². The minimum Gasteiger partial charge on any atom is -0.480 e. The van der Waals surface area contributed by atoms with Gasteiger partial charge in [-0.1, -0.05) is 6.92 Å². The van der Waals surface area contributed by atoms with Gasteiger partial charge in [0.2, 0.25) is 0 Å². The van der Waals surface area contributed by atoms with Crippen molar-refractivity contribution in [3.63, 3.8) is 0 Å². The molecule has 0 aliphatic carbocycles. The van der Waals surface area contributed by atoms with Crippen LogP contribution in [0.3, 0.4) is 0 Å². The Bertz CT molecular complexity index is 257. The zero-order valence-electron chi connectivity index (χ0n) is 10.9. The Balaban J connectivity index is 2.74. The average molecular weight is 228 g/mol. The largest absolute Gasteiger partial charge is 0.480 e. The number of hydrogen-bond donors (Lipinski definition) is 1. The lowest BCUT2D eigenvalue weighted by Gasteiger charge is -2.43. The topological polar surface area (TPSA) is 43.8 Å². The van der Waals surface area contributed by atoms with Gasteiger partial charge in [0, 0.05) is 12.6 Å². The fourth-order valence-electron chi connectivity index (χ4n) is 2.41. The molecule has 0 aromatic carbocycles. The van der Waals surface area contributed by atoms with E-state index in [1.807, 2.05) is 25.8 Å².